The van der Waals surface area contributed by atoms with Crippen LogP contribution in [0.15, 0.2) is 66.7 Å². The lowest BCUT2D eigenvalue weighted by Gasteiger charge is -1.99. The fraction of sp³-hybridized carbons (Fsp3) is 0.0556. The van der Waals surface area contributed by atoms with Crippen molar-refractivity contribution in [3.63, 3.8) is 0 Å². The molecule has 0 aromatic heterocycles. The van der Waals surface area contributed by atoms with Crippen molar-refractivity contribution in [1.29, 1.82) is 0 Å². The van der Waals surface area contributed by atoms with Crippen molar-refractivity contribution in [1.82, 2.24) is 0 Å². The highest BCUT2D eigenvalue weighted by molar-refractivity contribution is 6.04. The molecule has 0 N–H and O–H groups in total. The zero-order chi connectivity index (χ0) is 14.2. The van der Waals surface area contributed by atoms with E-state index >= 15 is 0 Å². The van der Waals surface area contributed by atoms with Crippen molar-refractivity contribution < 1.29 is 9.53 Å². The molecule has 0 fully saturated rings. The Hall–Kier alpha value is -2.61. The second-order valence-corrected chi connectivity index (χ2v) is 4.26. The van der Waals surface area contributed by atoms with Crippen LogP contribution in [0.5, 0.6) is 5.75 Å². The van der Waals surface area contributed by atoms with Gasteiger partial charge < -0.3 is 4.74 Å². The summed E-state index contributed by atoms with van der Waals surface area (Å²) in [6, 6.07) is 17.3. The van der Waals surface area contributed by atoms with Gasteiger partial charge in [0.15, 0.2) is 5.78 Å². The monoisotopic (exact) mass is 264 g/mol. The molecule has 20 heavy (non-hydrogen) atoms. The van der Waals surface area contributed by atoms with Gasteiger partial charge in [-0.25, -0.2) is 0 Å². The predicted molar refractivity (Wildman–Crippen MR) is 82.5 cm³/mol. The number of ketones is 1. The third-order valence-electron chi connectivity index (χ3n) is 2.77. The number of hydrogen-bond acceptors (Lipinski definition) is 2. The van der Waals surface area contributed by atoms with Gasteiger partial charge in [-0.05, 0) is 35.4 Å². The zero-order valence-corrected chi connectivity index (χ0v) is 11.3. The Kier molecular flexibility index (Phi) is 4.90. The van der Waals surface area contributed by atoms with E-state index < -0.39 is 0 Å². The number of benzene rings is 2. The Bertz CT molecular complexity index is 625. The number of allylic oxidation sites excluding steroid dienone is 2. The van der Waals surface area contributed by atoms with Gasteiger partial charge in [0.1, 0.15) is 5.75 Å². The molecule has 2 aromatic rings. The molecule has 2 heteroatoms. The van der Waals surface area contributed by atoms with Gasteiger partial charge in [0.2, 0.25) is 0 Å². The fourth-order valence-electron chi connectivity index (χ4n) is 1.72. The minimum atomic E-state index is -0.0447. The van der Waals surface area contributed by atoms with E-state index in [0.29, 0.717) is 0 Å². The number of carbonyl (C=O) groups is 1. The van der Waals surface area contributed by atoms with Crippen molar-refractivity contribution in [2.45, 2.75) is 0 Å². The van der Waals surface area contributed by atoms with Crippen molar-refractivity contribution in [3.8, 4) is 5.75 Å². The molecule has 0 bridgehead atoms. The van der Waals surface area contributed by atoms with Crippen molar-refractivity contribution in [3.05, 3.63) is 77.9 Å². The second-order valence-electron chi connectivity index (χ2n) is 4.26. The molecule has 2 rings (SSSR count). The van der Waals surface area contributed by atoms with E-state index in [-0.39, 0.29) is 5.78 Å². The van der Waals surface area contributed by atoms with Gasteiger partial charge in [0, 0.05) is 0 Å². The molecular weight excluding hydrogens is 248 g/mol. The lowest BCUT2D eigenvalue weighted by molar-refractivity contribution is -0.110. The van der Waals surface area contributed by atoms with Crippen LogP contribution in [0.2, 0.25) is 0 Å². The van der Waals surface area contributed by atoms with Crippen LogP contribution in [0.3, 0.4) is 0 Å². The molecule has 0 saturated carbocycles. The molecule has 2 aromatic carbocycles. The van der Waals surface area contributed by atoms with Gasteiger partial charge in [-0.1, -0.05) is 54.6 Å². The standard InChI is InChI=1S/C18H16O2/c1-20-18-9-5-8-16(14-18)11-13-17(19)12-10-15-6-3-2-4-7-15/h2-14H,1H3/b12-10+,13-11-. The molecule has 0 aliphatic rings. The third kappa shape index (κ3) is 4.25. The average Bonchev–Trinajstić information content (AvgIpc) is 2.52. The molecule has 0 radical (unpaired) electrons. The Morgan fingerprint density at radius 2 is 1.55 bits per heavy atom. The van der Waals surface area contributed by atoms with Crippen LogP contribution >= 0.6 is 0 Å². The van der Waals surface area contributed by atoms with Crippen LogP contribution in [0, 0.1) is 0 Å². The van der Waals surface area contributed by atoms with Crippen LogP contribution in [0.4, 0.5) is 0 Å². The van der Waals surface area contributed by atoms with E-state index in [1.165, 1.54) is 0 Å². The smallest absolute Gasteiger partial charge is 0.178 e. The first-order valence-electron chi connectivity index (χ1n) is 6.37. The van der Waals surface area contributed by atoms with Gasteiger partial charge >= 0.3 is 0 Å². The van der Waals surface area contributed by atoms with Crippen LogP contribution in [0.25, 0.3) is 12.2 Å². The third-order valence-corrected chi connectivity index (χ3v) is 2.77. The predicted octanol–water partition coefficient (Wildman–Crippen LogP) is 3.99. The van der Waals surface area contributed by atoms with E-state index in [4.69, 9.17) is 4.74 Å². The summed E-state index contributed by atoms with van der Waals surface area (Å²) in [5, 5.41) is 0. The maximum atomic E-state index is 11.7. The summed E-state index contributed by atoms with van der Waals surface area (Å²) in [6.07, 6.45) is 6.69. The molecule has 0 aliphatic carbocycles. The summed E-state index contributed by atoms with van der Waals surface area (Å²) < 4.78 is 5.13. The maximum Gasteiger partial charge on any atom is 0.178 e. The first kappa shape index (κ1) is 13.8. The topological polar surface area (TPSA) is 26.3 Å². The summed E-state index contributed by atoms with van der Waals surface area (Å²) in [6.45, 7) is 0. The minimum Gasteiger partial charge on any atom is -0.497 e. The summed E-state index contributed by atoms with van der Waals surface area (Å²) in [7, 11) is 1.62. The number of ether oxygens (including phenoxy) is 1. The molecular formula is C18H16O2. The average molecular weight is 264 g/mol. The first-order chi connectivity index (χ1) is 9.78. The lowest BCUT2D eigenvalue weighted by atomic mass is 10.1. The van der Waals surface area contributed by atoms with Gasteiger partial charge in [-0.15, -0.1) is 0 Å². The molecule has 2 nitrogen and oxygen atoms in total. The Morgan fingerprint density at radius 3 is 2.25 bits per heavy atom. The Morgan fingerprint density at radius 1 is 0.900 bits per heavy atom. The number of methoxy groups -OCH3 is 1. The van der Waals surface area contributed by atoms with Crippen LogP contribution in [-0.2, 0) is 4.79 Å². The molecule has 0 amide bonds. The summed E-state index contributed by atoms with van der Waals surface area (Å²) in [5.74, 6) is 0.732. The van der Waals surface area contributed by atoms with Crippen LogP contribution < -0.4 is 4.74 Å². The summed E-state index contributed by atoms with van der Waals surface area (Å²) in [5.41, 5.74) is 1.95. The summed E-state index contributed by atoms with van der Waals surface area (Å²) in [4.78, 5) is 11.7. The van der Waals surface area contributed by atoms with E-state index in [0.717, 1.165) is 16.9 Å². The zero-order valence-electron chi connectivity index (χ0n) is 11.3. The molecule has 0 unspecified atom stereocenters. The molecule has 0 saturated heterocycles. The molecule has 0 spiro atoms. The maximum absolute atomic E-state index is 11.7. The van der Waals surface area contributed by atoms with E-state index in [1.54, 1.807) is 31.4 Å². The van der Waals surface area contributed by atoms with E-state index in [1.807, 2.05) is 54.6 Å². The first-order valence-corrected chi connectivity index (χ1v) is 6.37. The number of rotatable bonds is 5. The van der Waals surface area contributed by atoms with Gasteiger partial charge in [0.25, 0.3) is 0 Å². The molecule has 0 aliphatic heterocycles. The molecule has 100 valence electrons. The van der Waals surface area contributed by atoms with Gasteiger partial charge in [-0.3, -0.25) is 4.79 Å². The highest BCUT2D eigenvalue weighted by Gasteiger charge is 1.93. The van der Waals surface area contributed by atoms with Gasteiger partial charge in [-0.2, -0.15) is 0 Å². The highest BCUT2D eigenvalue weighted by Crippen LogP contribution is 2.13. The largest absolute Gasteiger partial charge is 0.497 e. The SMILES string of the molecule is COc1cccc(/C=C\C(=O)/C=C/c2ccccc2)c1. The Balaban J connectivity index is 2.00. The van der Waals surface area contributed by atoms with E-state index in [2.05, 4.69) is 0 Å². The Labute approximate surface area is 119 Å². The highest BCUT2D eigenvalue weighted by atomic mass is 16.5. The van der Waals surface area contributed by atoms with Crippen molar-refractivity contribution >= 4 is 17.9 Å². The second kappa shape index (κ2) is 7.10. The van der Waals surface area contributed by atoms with Crippen molar-refractivity contribution in [2.24, 2.45) is 0 Å². The van der Waals surface area contributed by atoms with Gasteiger partial charge in [0.05, 0.1) is 7.11 Å². The quantitative estimate of drug-likeness (QED) is 0.763. The minimum absolute atomic E-state index is 0.0447. The van der Waals surface area contributed by atoms with Crippen LogP contribution in [0.1, 0.15) is 11.1 Å². The number of carbonyl (C=O) groups excluding carboxylic acids is 1. The van der Waals surface area contributed by atoms with Crippen LogP contribution in [-0.4, -0.2) is 12.9 Å². The normalized spacial score (nSPS) is 11.1. The fourth-order valence-corrected chi connectivity index (χ4v) is 1.72. The summed E-state index contributed by atoms with van der Waals surface area (Å²) >= 11 is 0. The molecule has 0 atom stereocenters. The number of hydrogen-bond donors (Lipinski definition) is 0. The van der Waals surface area contributed by atoms with E-state index in [9.17, 15) is 4.79 Å². The lowest BCUT2D eigenvalue weighted by Crippen LogP contribution is -1.86. The molecule has 0 heterocycles. The van der Waals surface area contributed by atoms with Crippen molar-refractivity contribution in [2.75, 3.05) is 7.11 Å².